The van der Waals surface area contributed by atoms with Crippen LogP contribution in [-0.4, -0.2) is 46.8 Å². The van der Waals surface area contributed by atoms with Crippen molar-refractivity contribution in [2.75, 3.05) is 31.1 Å². The van der Waals surface area contributed by atoms with Crippen molar-refractivity contribution in [2.45, 2.75) is 6.92 Å². The molecular formula is C16H19ClN4O. The highest BCUT2D eigenvalue weighted by Gasteiger charge is 2.24. The van der Waals surface area contributed by atoms with Crippen molar-refractivity contribution in [3.63, 3.8) is 0 Å². The fourth-order valence-electron chi connectivity index (χ4n) is 2.82. The van der Waals surface area contributed by atoms with E-state index in [1.807, 2.05) is 23.1 Å². The number of hydrogen-bond acceptors (Lipinski definition) is 3. The van der Waals surface area contributed by atoms with Gasteiger partial charge in [-0.05, 0) is 30.7 Å². The molecule has 116 valence electrons. The number of aryl methyl sites for hydroxylation is 2. The highest BCUT2D eigenvalue weighted by molar-refractivity contribution is 6.30. The van der Waals surface area contributed by atoms with E-state index in [1.54, 1.807) is 24.0 Å². The fourth-order valence-corrected chi connectivity index (χ4v) is 2.99. The fraction of sp³-hybridized carbons (Fsp3) is 0.375. The van der Waals surface area contributed by atoms with Crippen LogP contribution in [0.25, 0.3) is 0 Å². The molecule has 1 amide bonds. The first-order valence-corrected chi connectivity index (χ1v) is 7.72. The number of piperazine rings is 1. The van der Waals surface area contributed by atoms with E-state index in [0.29, 0.717) is 18.8 Å². The first kappa shape index (κ1) is 14.9. The largest absolute Gasteiger partial charge is 0.368 e. The SMILES string of the molecule is Cc1ccc(Cl)cc1N1CCN(C(=O)c2ccnn2C)CC1. The molecule has 1 fully saturated rings. The molecule has 0 spiro atoms. The maximum atomic E-state index is 12.5. The lowest BCUT2D eigenvalue weighted by atomic mass is 10.1. The Labute approximate surface area is 135 Å². The number of carbonyl (C=O) groups excluding carboxylic acids is 1. The first-order valence-electron chi connectivity index (χ1n) is 7.34. The highest BCUT2D eigenvalue weighted by Crippen LogP contribution is 2.25. The minimum absolute atomic E-state index is 0.0440. The third-order valence-corrected chi connectivity index (χ3v) is 4.35. The minimum atomic E-state index is 0.0440. The summed E-state index contributed by atoms with van der Waals surface area (Å²) >= 11 is 6.10. The molecule has 0 atom stereocenters. The van der Waals surface area contributed by atoms with Gasteiger partial charge in [-0.25, -0.2) is 0 Å². The van der Waals surface area contributed by atoms with Crippen molar-refractivity contribution in [1.82, 2.24) is 14.7 Å². The molecule has 1 saturated heterocycles. The second kappa shape index (κ2) is 6.01. The number of aromatic nitrogens is 2. The predicted molar refractivity (Wildman–Crippen MR) is 87.5 cm³/mol. The maximum Gasteiger partial charge on any atom is 0.272 e. The van der Waals surface area contributed by atoms with Crippen LogP contribution in [0, 0.1) is 6.92 Å². The molecule has 22 heavy (non-hydrogen) atoms. The van der Waals surface area contributed by atoms with Gasteiger partial charge in [0.15, 0.2) is 0 Å². The topological polar surface area (TPSA) is 41.4 Å². The summed E-state index contributed by atoms with van der Waals surface area (Å²) in [6, 6.07) is 7.69. The number of benzene rings is 1. The van der Waals surface area contributed by atoms with Gasteiger partial charge in [0.1, 0.15) is 5.69 Å². The zero-order valence-corrected chi connectivity index (χ0v) is 13.5. The third-order valence-electron chi connectivity index (χ3n) is 4.12. The van der Waals surface area contributed by atoms with Crippen molar-refractivity contribution in [1.29, 1.82) is 0 Å². The summed E-state index contributed by atoms with van der Waals surface area (Å²) in [5.74, 6) is 0.0440. The van der Waals surface area contributed by atoms with E-state index in [9.17, 15) is 4.79 Å². The van der Waals surface area contributed by atoms with Crippen LogP contribution in [0.15, 0.2) is 30.5 Å². The number of rotatable bonds is 2. The minimum Gasteiger partial charge on any atom is -0.368 e. The summed E-state index contributed by atoms with van der Waals surface area (Å²) in [5.41, 5.74) is 2.99. The summed E-state index contributed by atoms with van der Waals surface area (Å²) in [7, 11) is 1.79. The Kier molecular flexibility index (Phi) is 4.07. The maximum absolute atomic E-state index is 12.5. The molecule has 0 saturated carbocycles. The number of hydrogen-bond donors (Lipinski definition) is 0. The monoisotopic (exact) mass is 318 g/mol. The smallest absolute Gasteiger partial charge is 0.272 e. The molecule has 1 aliphatic heterocycles. The van der Waals surface area contributed by atoms with Gasteiger partial charge in [-0.1, -0.05) is 17.7 Å². The molecule has 0 unspecified atom stereocenters. The Morgan fingerprint density at radius 1 is 1.18 bits per heavy atom. The Bertz CT molecular complexity index is 689. The van der Waals surface area contributed by atoms with Gasteiger partial charge < -0.3 is 9.80 Å². The van der Waals surface area contributed by atoms with Crippen LogP contribution in [0.4, 0.5) is 5.69 Å². The van der Waals surface area contributed by atoms with E-state index < -0.39 is 0 Å². The Balaban J connectivity index is 1.69. The lowest BCUT2D eigenvalue weighted by Gasteiger charge is -2.36. The molecular weight excluding hydrogens is 300 g/mol. The van der Waals surface area contributed by atoms with Gasteiger partial charge in [-0.3, -0.25) is 9.48 Å². The third kappa shape index (κ3) is 2.81. The van der Waals surface area contributed by atoms with E-state index in [-0.39, 0.29) is 5.91 Å². The van der Waals surface area contributed by atoms with Crippen molar-refractivity contribution in [2.24, 2.45) is 7.05 Å². The van der Waals surface area contributed by atoms with Gasteiger partial charge in [0.25, 0.3) is 5.91 Å². The number of anilines is 1. The Morgan fingerprint density at radius 3 is 2.55 bits per heavy atom. The molecule has 1 aromatic carbocycles. The van der Waals surface area contributed by atoms with Crippen LogP contribution in [0.5, 0.6) is 0 Å². The summed E-state index contributed by atoms with van der Waals surface area (Å²) in [6.45, 7) is 5.11. The van der Waals surface area contributed by atoms with Gasteiger partial charge in [0, 0.05) is 50.1 Å². The second-order valence-corrected chi connectivity index (χ2v) is 5.99. The molecule has 1 aliphatic rings. The van der Waals surface area contributed by atoms with Crippen molar-refractivity contribution in [3.05, 3.63) is 46.7 Å². The Hall–Kier alpha value is -2.01. The van der Waals surface area contributed by atoms with E-state index >= 15 is 0 Å². The van der Waals surface area contributed by atoms with Gasteiger partial charge in [0.05, 0.1) is 0 Å². The molecule has 2 heterocycles. The quantitative estimate of drug-likeness (QED) is 0.853. The van der Waals surface area contributed by atoms with E-state index in [2.05, 4.69) is 16.9 Å². The molecule has 6 heteroatoms. The van der Waals surface area contributed by atoms with Crippen molar-refractivity contribution >= 4 is 23.2 Å². The average molecular weight is 319 g/mol. The number of nitrogens with zero attached hydrogens (tertiary/aromatic N) is 4. The average Bonchev–Trinajstić information content (AvgIpc) is 2.95. The van der Waals surface area contributed by atoms with Crippen LogP contribution in [-0.2, 0) is 7.05 Å². The number of halogens is 1. The van der Waals surface area contributed by atoms with Gasteiger partial charge >= 0.3 is 0 Å². The predicted octanol–water partition coefficient (Wildman–Crippen LogP) is 2.34. The summed E-state index contributed by atoms with van der Waals surface area (Å²) in [6.07, 6.45) is 1.65. The van der Waals surface area contributed by atoms with Gasteiger partial charge in [0.2, 0.25) is 0 Å². The van der Waals surface area contributed by atoms with E-state index in [1.165, 1.54) is 5.56 Å². The normalized spacial score (nSPS) is 15.2. The first-order chi connectivity index (χ1) is 10.6. The molecule has 0 aliphatic carbocycles. The van der Waals surface area contributed by atoms with E-state index in [0.717, 1.165) is 23.8 Å². The molecule has 0 bridgehead atoms. The molecule has 1 aromatic heterocycles. The molecule has 5 nitrogen and oxygen atoms in total. The molecule has 2 aromatic rings. The lowest BCUT2D eigenvalue weighted by molar-refractivity contribution is 0.0735. The summed E-state index contributed by atoms with van der Waals surface area (Å²) < 4.78 is 1.62. The van der Waals surface area contributed by atoms with Gasteiger partial charge in [-0.2, -0.15) is 5.10 Å². The zero-order valence-electron chi connectivity index (χ0n) is 12.8. The Morgan fingerprint density at radius 2 is 1.91 bits per heavy atom. The van der Waals surface area contributed by atoms with Crippen LogP contribution in [0.2, 0.25) is 5.02 Å². The molecule has 0 N–H and O–H groups in total. The van der Waals surface area contributed by atoms with Crippen LogP contribution >= 0.6 is 11.6 Å². The van der Waals surface area contributed by atoms with E-state index in [4.69, 9.17) is 11.6 Å². The molecule has 3 rings (SSSR count). The summed E-state index contributed by atoms with van der Waals surface area (Å²) in [5, 5.41) is 4.80. The van der Waals surface area contributed by atoms with Crippen molar-refractivity contribution < 1.29 is 4.79 Å². The van der Waals surface area contributed by atoms with Crippen LogP contribution in [0.3, 0.4) is 0 Å². The summed E-state index contributed by atoms with van der Waals surface area (Å²) in [4.78, 5) is 16.6. The van der Waals surface area contributed by atoms with Gasteiger partial charge in [-0.15, -0.1) is 0 Å². The van der Waals surface area contributed by atoms with Crippen LogP contribution < -0.4 is 4.90 Å². The zero-order chi connectivity index (χ0) is 15.7. The van der Waals surface area contributed by atoms with Crippen molar-refractivity contribution in [3.8, 4) is 0 Å². The lowest BCUT2D eigenvalue weighted by Crippen LogP contribution is -2.49. The standard InChI is InChI=1S/C16H19ClN4O/c1-12-3-4-13(17)11-15(12)20-7-9-21(10-8-20)16(22)14-5-6-18-19(14)2/h3-6,11H,7-10H2,1-2H3. The molecule has 0 radical (unpaired) electrons. The van der Waals surface area contributed by atoms with Crippen LogP contribution in [0.1, 0.15) is 16.1 Å². The highest BCUT2D eigenvalue weighted by atomic mass is 35.5. The number of amides is 1. The second-order valence-electron chi connectivity index (χ2n) is 5.55. The number of carbonyl (C=O) groups is 1.